The van der Waals surface area contributed by atoms with E-state index in [4.69, 9.17) is 16.6 Å². The monoisotopic (exact) mass is 168 g/mol. The maximum absolute atomic E-state index is 9.92. The molecule has 5 heteroatoms. The molecule has 0 radical (unpaired) electrons. The largest absolute Gasteiger partial charge is 0.481 e. The molecule has 0 rings (SSSR count). The zero-order chi connectivity index (χ0) is 7.28. The first-order chi connectivity index (χ1) is 4.16. The van der Waals surface area contributed by atoms with Crippen LogP contribution >= 0.6 is 12.4 Å². The van der Waals surface area contributed by atoms with Gasteiger partial charge in [0, 0.05) is 19.0 Å². The van der Waals surface area contributed by atoms with Crippen molar-refractivity contribution in [2.24, 2.45) is 11.5 Å². The van der Waals surface area contributed by atoms with Crippen LogP contribution in [0.15, 0.2) is 0 Å². The molecule has 0 bridgehead atoms. The first kappa shape index (κ1) is 12.4. The van der Waals surface area contributed by atoms with E-state index in [-0.39, 0.29) is 24.9 Å². The van der Waals surface area contributed by atoms with Crippen molar-refractivity contribution >= 4 is 18.4 Å². The maximum atomic E-state index is 9.92. The van der Waals surface area contributed by atoms with Crippen LogP contribution in [0.2, 0.25) is 0 Å². The summed E-state index contributed by atoms with van der Waals surface area (Å²) >= 11 is 0. The third-order valence-corrected chi connectivity index (χ3v) is 1.03. The van der Waals surface area contributed by atoms with Crippen molar-refractivity contribution in [3.05, 3.63) is 0 Å². The third kappa shape index (κ3) is 7.68. The highest BCUT2D eigenvalue weighted by Crippen LogP contribution is 1.91. The molecule has 0 amide bonds. The third-order valence-electron chi connectivity index (χ3n) is 1.03. The van der Waals surface area contributed by atoms with Crippen LogP contribution in [0.4, 0.5) is 0 Å². The van der Waals surface area contributed by atoms with E-state index >= 15 is 0 Å². The van der Waals surface area contributed by atoms with Crippen molar-refractivity contribution in [1.29, 1.82) is 0 Å². The van der Waals surface area contributed by atoms with Gasteiger partial charge in [-0.1, -0.05) is 0 Å². The molecule has 0 unspecified atom stereocenters. The molecule has 5 N–H and O–H groups in total. The standard InChI is InChI=1S/C5H12N2O2.ClH/c6-3-4(7)1-2-5(8)9;/h4H,1-3,6-7H2,(H,8,9);1H/t4-;/m0./s1. The lowest BCUT2D eigenvalue weighted by molar-refractivity contribution is -0.137. The Morgan fingerprint density at radius 2 is 2.10 bits per heavy atom. The van der Waals surface area contributed by atoms with Crippen molar-refractivity contribution in [2.45, 2.75) is 18.9 Å². The minimum Gasteiger partial charge on any atom is -0.481 e. The van der Waals surface area contributed by atoms with Gasteiger partial charge >= 0.3 is 5.97 Å². The summed E-state index contributed by atoms with van der Waals surface area (Å²) < 4.78 is 0. The topological polar surface area (TPSA) is 89.3 Å². The van der Waals surface area contributed by atoms with Gasteiger partial charge in [0.2, 0.25) is 0 Å². The molecule has 62 valence electrons. The number of hydrogen-bond acceptors (Lipinski definition) is 3. The second kappa shape index (κ2) is 6.80. The van der Waals surface area contributed by atoms with Crippen LogP contribution in [0.3, 0.4) is 0 Å². The normalized spacial score (nSPS) is 11.8. The molecular formula is C5H13ClN2O2. The number of halogens is 1. The van der Waals surface area contributed by atoms with Crippen LogP contribution in [0.1, 0.15) is 12.8 Å². The molecule has 10 heavy (non-hydrogen) atoms. The Morgan fingerprint density at radius 1 is 1.60 bits per heavy atom. The molecule has 0 aromatic heterocycles. The van der Waals surface area contributed by atoms with Crippen LogP contribution < -0.4 is 11.5 Å². The van der Waals surface area contributed by atoms with E-state index in [0.717, 1.165) is 0 Å². The van der Waals surface area contributed by atoms with Gasteiger partial charge < -0.3 is 16.6 Å². The molecule has 0 spiro atoms. The number of carboxylic acid groups (broad SMARTS) is 1. The first-order valence-corrected chi connectivity index (χ1v) is 2.84. The number of aliphatic carboxylic acids is 1. The van der Waals surface area contributed by atoms with Gasteiger partial charge in [-0.05, 0) is 6.42 Å². The smallest absolute Gasteiger partial charge is 0.303 e. The van der Waals surface area contributed by atoms with Gasteiger partial charge in [0.25, 0.3) is 0 Å². The van der Waals surface area contributed by atoms with E-state index in [9.17, 15) is 4.79 Å². The predicted molar refractivity (Wildman–Crippen MR) is 41.1 cm³/mol. The summed E-state index contributed by atoms with van der Waals surface area (Å²) in [6.45, 7) is 0.354. The van der Waals surface area contributed by atoms with Crippen molar-refractivity contribution < 1.29 is 9.90 Å². The minimum atomic E-state index is -0.820. The van der Waals surface area contributed by atoms with Crippen LogP contribution in [0.25, 0.3) is 0 Å². The summed E-state index contributed by atoms with van der Waals surface area (Å²) in [5.74, 6) is -0.820. The van der Waals surface area contributed by atoms with Gasteiger partial charge in [0.1, 0.15) is 0 Å². The predicted octanol–water partition coefficient (Wildman–Crippen LogP) is -0.441. The van der Waals surface area contributed by atoms with Crippen molar-refractivity contribution in [2.75, 3.05) is 6.54 Å². The minimum absolute atomic E-state index is 0. The lowest BCUT2D eigenvalue weighted by Gasteiger charge is -2.03. The summed E-state index contributed by atoms with van der Waals surface area (Å²) in [6.07, 6.45) is 0.574. The van der Waals surface area contributed by atoms with E-state index in [1.165, 1.54) is 0 Å². The van der Waals surface area contributed by atoms with Crippen molar-refractivity contribution in [3.63, 3.8) is 0 Å². The SMILES string of the molecule is Cl.NC[C@@H](N)CCC(=O)O. The van der Waals surface area contributed by atoms with Gasteiger partial charge in [-0.3, -0.25) is 4.79 Å². The fraction of sp³-hybridized carbons (Fsp3) is 0.800. The lowest BCUT2D eigenvalue weighted by atomic mass is 10.2. The average molecular weight is 169 g/mol. The zero-order valence-corrected chi connectivity index (χ0v) is 6.43. The molecule has 4 nitrogen and oxygen atoms in total. The molecule has 0 aromatic carbocycles. The van der Waals surface area contributed by atoms with E-state index in [2.05, 4.69) is 0 Å². The molecule has 0 aliphatic carbocycles. The first-order valence-electron chi connectivity index (χ1n) is 2.84. The summed E-state index contributed by atoms with van der Waals surface area (Å²) in [4.78, 5) is 9.92. The fourth-order valence-corrected chi connectivity index (χ4v) is 0.427. The zero-order valence-electron chi connectivity index (χ0n) is 5.62. The average Bonchev–Trinajstić information content (AvgIpc) is 1.83. The highest BCUT2D eigenvalue weighted by Gasteiger charge is 2.01. The number of carbonyl (C=O) groups is 1. The van der Waals surface area contributed by atoms with Gasteiger partial charge in [-0.2, -0.15) is 0 Å². The van der Waals surface area contributed by atoms with Crippen LogP contribution in [0, 0.1) is 0 Å². The Balaban J connectivity index is 0. The van der Waals surface area contributed by atoms with Gasteiger partial charge in [-0.25, -0.2) is 0 Å². The molecule has 0 saturated carbocycles. The summed E-state index contributed by atoms with van der Waals surface area (Å²) in [5, 5.41) is 8.16. The Kier molecular flexibility index (Phi) is 8.40. The number of rotatable bonds is 4. The quantitative estimate of drug-likeness (QED) is 0.531. The van der Waals surface area contributed by atoms with Crippen LogP contribution in [0.5, 0.6) is 0 Å². The maximum Gasteiger partial charge on any atom is 0.303 e. The molecule has 0 fully saturated rings. The molecule has 1 atom stereocenters. The molecule has 0 aliphatic rings. The summed E-state index contributed by atoms with van der Waals surface area (Å²) in [7, 11) is 0. The highest BCUT2D eigenvalue weighted by molar-refractivity contribution is 5.85. The van der Waals surface area contributed by atoms with E-state index in [1.54, 1.807) is 0 Å². The van der Waals surface area contributed by atoms with Gasteiger partial charge in [0.05, 0.1) is 0 Å². The fourth-order valence-electron chi connectivity index (χ4n) is 0.427. The Labute approximate surface area is 66.0 Å². The Morgan fingerprint density at radius 3 is 2.40 bits per heavy atom. The lowest BCUT2D eigenvalue weighted by Crippen LogP contribution is -2.30. The Bertz CT molecular complexity index is 99.6. The molecular weight excluding hydrogens is 156 g/mol. The molecule has 0 saturated heterocycles. The molecule has 0 heterocycles. The molecule has 0 aromatic rings. The summed E-state index contributed by atoms with van der Waals surface area (Å²) in [6, 6.07) is -0.166. The number of carboxylic acids is 1. The highest BCUT2D eigenvalue weighted by atomic mass is 35.5. The van der Waals surface area contributed by atoms with Gasteiger partial charge in [0.15, 0.2) is 0 Å². The van der Waals surface area contributed by atoms with Crippen LogP contribution in [-0.2, 0) is 4.79 Å². The van der Waals surface area contributed by atoms with Crippen LogP contribution in [-0.4, -0.2) is 23.7 Å². The Hall–Kier alpha value is -0.320. The number of nitrogens with two attached hydrogens (primary N) is 2. The second-order valence-corrected chi connectivity index (χ2v) is 1.93. The van der Waals surface area contributed by atoms with E-state index in [1.807, 2.05) is 0 Å². The van der Waals surface area contributed by atoms with E-state index < -0.39 is 5.97 Å². The van der Waals surface area contributed by atoms with E-state index in [0.29, 0.717) is 13.0 Å². The molecule has 0 aliphatic heterocycles. The second-order valence-electron chi connectivity index (χ2n) is 1.93. The number of hydrogen-bond donors (Lipinski definition) is 3. The van der Waals surface area contributed by atoms with Crippen molar-refractivity contribution in [3.8, 4) is 0 Å². The summed E-state index contributed by atoms with van der Waals surface area (Å²) in [5.41, 5.74) is 10.5. The van der Waals surface area contributed by atoms with Gasteiger partial charge in [-0.15, -0.1) is 12.4 Å². The van der Waals surface area contributed by atoms with Crippen molar-refractivity contribution in [1.82, 2.24) is 0 Å².